The number of pyridine rings is 1. The quantitative estimate of drug-likeness (QED) is 0.556. The van der Waals surface area contributed by atoms with Crippen LogP contribution in [-0.2, 0) is 22.5 Å². The molecule has 0 unspecified atom stereocenters. The molecule has 1 saturated heterocycles. The van der Waals surface area contributed by atoms with Crippen molar-refractivity contribution in [1.82, 2.24) is 14.8 Å². The van der Waals surface area contributed by atoms with Gasteiger partial charge in [0.05, 0.1) is 13.7 Å². The van der Waals surface area contributed by atoms with E-state index >= 15 is 0 Å². The SMILES string of the molecule is COc1ccccc1CN1CCO[C@@](Cc2cccc(-c3cccnc3)c2)(C(=O)N(C)C)C1. The maximum atomic E-state index is 13.4. The molecule has 1 fully saturated rings. The Hall–Kier alpha value is -3.22. The maximum absolute atomic E-state index is 13.4. The van der Waals surface area contributed by atoms with Crippen molar-refractivity contribution in [2.75, 3.05) is 40.9 Å². The van der Waals surface area contributed by atoms with E-state index in [0.29, 0.717) is 26.1 Å². The highest BCUT2D eigenvalue weighted by atomic mass is 16.5. The first-order valence-corrected chi connectivity index (χ1v) is 11.2. The number of carbonyl (C=O) groups is 1. The van der Waals surface area contributed by atoms with Crippen molar-refractivity contribution < 1.29 is 14.3 Å². The minimum absolute atomic E-state index is 0.0148. The summed E-state index contributed by atoms with van der Waals surface area (Å²) in [5.41, 5.74) is 3.35. The zero-order chi connectivity index (χ0) is 23.3. The third-order valence-electron chi connectivity index (χ3n) is 6.06. The summed E-state index contributed by atoms with van der Waals surface area (Å²) in [6.07, 6.45) is 4.12. The number of hydrogen-bond acceptors (Lipinski definition) is 5. The van der Waals surface area contributed by atoms with E-state index in [-0.39, 0.29) is 5.91 Å². The number of carbonyl (C=O) groups excluding carboxylic acids is 1. The Balaban J connectivity index is 1.61. The summed E-state index contributed by atoms with van der Waals surface area (Å²) in [6, 6.07) is 20.3. The Bertz CT molecular complexity index is 1090. The van der Waals surface area contributed by atoms with Crippen LogP contribution >= 0.6 is 0 Å². The van der Waals surface area contributed by atoms with E-state index in [1.165, 1.54) is 0 Å². The van der Waals surface area contributed by atoms with Gasteiger partial charge in [-0.15, -0.1) is 0 Å². The van der Waals surface area contributed by atoms with Crippen LogP contribution in [0.25, 0.3) is 11.1 Å². The third kappa shape index (κ3) is 5.24. The van der Waals surface area contributed by atoms with Gasteiger partial charge >= 0.3 is 0 Å². The number of benzene rings is 2. The molecule has 0 aliphatic carbocycles. The fraction of sp³-hybridized carbons (Fsp3) is 0.333. The predicted octanol–water partition coefficient (Wildman–Crippen LogP) is 3.66. The number of ether oxygens (including phenoxy) is 2. The second kappa shape index (κ2) is 10.1. The number of para-hydroxylation sites is 1. The van der Waals surface area contributed by atoms with Crippen LogP contribution in [0.15, 0.2) is 73.1 Å². The lowest BCUT2D eigenvalue weighted by Crippen LogP contribution is -2.60. The van der Waals surface area contributed by atoms with Gasteiger partial charge in [-0.2, -0.15) is 0 Å². The number of aromatic nitrogens is 1. The monoisotopic (exact) mass is 445 g/mol. The summed E-state index contributed by atoms with van der Waals surface area (Å²) in [7, 11) is 5.27. The molecule has 1 amide bonds. The van der Waals surface area contributed by atoms with E-state index in [9.17, 15) is 4.79 Å². The molecule has 0 radical (unpaired) electrons. The van der Waals surface area contributed by atoms with Crippen LogP contribution in [0, 0.1) is 0 Å². The first-order chi connectivity index (χ1) is 16.0. The molecule has 1 aliphatic heterocycles. The number of hydrogen-bond donors (Lipinski definition) is 0. The average molecular weight is 446 g/mol. The standard InChI is InChI=1S/C27H31N3O3/c1-29(2)26(31)27(17-21-8-6-10-22(16-21)23-11-7-13-28-18-23)20-30(14-15-33-27)19-24-9-4-5-12-25(24)32-3/h4-13,16,18H,14-15,17,19-20H2,1-3H3/t27-/m1/s1. The summed E-state index contributed by atoms with van der Waals surface area (Å²) in [6.45, 7) is 2.47. The first-order valence-electron chi connectivity index (χ1n) is 11.2. The number of nitrogens with zero attached hydrogens (tertiary/aromatic N) is 3. The van der Waals surface area contributed by atoms with Crippen LogP contribution in [0.4, 0.5) is 0 Å². The Morgan fingerprint density at radius 2 is 1.94 bits per heavy atom. The summed E-state index contributed by atoms with van der Waals surface area (Å²) in [5.74, 6) is 0.844. The third-order valence-corrected chi connectivity index (χ3v) is 6.06. The molecule has 0 bridgehead atoms. The summed E-state index contributed by atoms with van der Waals surface area (Å²) < 4.78 is 11.8. The normalized spacial score (nSPS) is 18.6. The molecule has 0 N–H and O–H groups in total. The molecule has 1 atom stereocenters. The minimum atomic E-state index is -0.947. The van der Waals surface area contributed by atoms with Crippen molar-refractivity contribution in [2.24, 2.45) is 0 Å². The molecule has 33 heavy (non-hydrogen) atoms. The number of likely N-dealkylation sites (N-methyl/N-ethyl adjacent to an activating group) is 1. The number of methoxy groups -OCH3 is 1. The summed E-state index contributed by atoms with van der Waals surface area (Å²) in [4.78, 5) is 21.6. The van der Waals surface area contributed by atoms with Crippen molar-refractivity contribution in [3.63, 3.8) is 0 Å². The van der Waals surface area contributed by atoms with Gasteiger partial charge in [0.2, 0.25) is 0 Å². The molecule has 3 aromatic rings. The molecule has 6 heteroatoms. The van der Waals surface area contributed by atoms with Gasteiger partial charge in [0, 0.05) is 58.1 Å². The molecular formula is C27H31N3O3. The Morgan fingerprint density at radius 1 is 1.12 bits per heavy atom. The summed E-state index contributed by atoms with van der Waals surface area (Å²) in [5, 5.41) is 0. The van der Waals surface area contributed by atoms with Crippen LogP contribution in [0.3, 0.4) is 0 Å². The number of amides is 1. The Kier molecular flexibility index (Phi) is 7.06. The Morgan fingerprint density at radius 3 is 2.70 bits per heavy atom. The van der Waals surface area contributed by atoms with Crippen molar-refractivity contribution in [2.45, 2.75) is 18.6 Å². The highest BCUT2D eigenvalue weighted by Crippen LogP contribution is 2.29. The summed E-state index contributed by atoms with van der Waals surface area (Å²) >= 11 is 0. The smallest absolute Gasteiger partial charge is 0.255 e. The number of morpholine rings is 1. The van der Waals surface area contributed by atoms with Gasteiger partial charge in [0.1, 0.15) is 5.75 Å². The van der Waals surface area contributed by atoms with Crippen molar-refractivity contribution >= 4 is 5.91 Å². The van der Waals surface area contributed by atoms with E-state index in [1.807, 2.05) is 42.6 Å². The van der Waals surface area contributed by atoms with Crippen molar-refractivity contribution in [3.8, 4) is 16.9 Å². The van der Waals surface area contributed by atoms with Gasteiger partial charge in [0.15, 0.2) is 5.60 Å². The van der Waals surface area contributed by atoms with Crippen molar-refractivity contribution in [3.05, 3.63) is 84.2 Å². The average Bonchev–Trinajstić information content (AvgIpc) is 2.85. The van der Waals surface area contributed by atoms with E-state index < -0.39 is 5.60 Å². The molecule has 172 valence electrons. The molecule has 2 aromatic carbocycles. The second-order valence-electron chi connectivity index (χ2n) is 8.68. The lowest BCUT2D eigenvalue weighted by atomic mass is 9.89. The van der Waals surface area contributed by atoms with Gasteiger partial charge in [0.25, 0.3) is 5.91 Å². The number of rotatable bonds is 7. The molecule has 1 aliphatic rings. The predicted molar refractivity (Wildman–Crippen MR) is 129 cm³/mol. The first kappa shape index (κ1) is 23.0. The molecule has 1 aromatic heterocycles. The Labute approximate surface area is 195 Å². The fourth-order valence-corrected chi connectivity index (χ4v) is 4.51. The molecule has 0 saturated carbocycles. The molecule has 2 heterocycles. The topological polar surface area (TPSA) is 54.9 Å². The largest absolute Gasteiger partial charge is 0.496 e. The fourth-order valence-electron chi connectivity index (χ4n) is 4.51. The van der Waals surface area contributed by atoms with E-state index in [1.54, 1.807) is 32.3 Å². The van der Waals surface area contributed by atoms with Gasteiger partial charge in [-0.25, -0.2) is 0 Å². The van der Waals surface area contributed by atoms with Crippen LogP contribution in [0.5, 0.6) is 5.75 Å². The maximum Gasteiger partial charge on any atom is 0.255 e. The zero-order valence-corrected chi connectivity index (χ0v) is 19.5. The molecule has 0 spiro atoms. The highest BCUT2D eigenvalue weighted by molar-refractivity contribution is 5.86. The highest BCUT2D eigenvalue weighted by Gasteiger charge is 2.44. The second-order valence-corrected chi connectivity index (χ2v) is 8.68. The van der Waals surface area contributed by atoms with E-state index in [4.69, 9.17) is 9.47 Å². The lowest BCUT2D eigenvalue weighted by Gasteiger charge is -2.43. The molecule has 4 rings (SSSR count). The van der Waals surface area contributed by atoms with Crippen LogP contribution in [0.1, 0.15) is 11.1 Å². The van der Waals surface area contributed by atoms with E-state index in [2.05, 4.69) is 34.1 Å². The van der Waals surface area contributed by atoms with Gasteiger partial charge in [-0.05, 0) is 28.8 Å². The van der Waals surface area contributed by atoms with Gasteiger partial charge in [-0.1, -0.05) is 48.5 Å². The molecule has 6 nitrogen and oxygen atoms in total. The molecular weight excluding hydrogens is 414 g/mol. The van der Waals surface area contributed by atoms with Crippen LogP contribution < -0.4 is 4.74 Å². The van der Waals surface area contributed by atoms with Crippen LogP contribution in [0.2, 0.25) is 0 Å². The zero-order valence-electron chi connectivity index (χ0n) is 19.5. The van der Waals surface area contributed by atoms with Crippen molar-refractivity contribution in [1.29, 1.82) is 0 Å². The van der Waals surface area contributed by atoms with Gasteiger partial charge < -0.3 is 14.4 Å². The van der Waals surface area contributed by atoms with Crippen LogP contribution in [-0.4, -0.2) is 67.2 Å². The lowest BCUT2D eigenvalue weighted by molar-refractivity contribution is -0.169. The minimum Gasteiger partial charge on any atom is -0.496 e. The van der Waals surface area contributed by atoms with Gasteiger partial charge in [-0.3, -0.25) is 14.7 Å². The van der Waals surface area contributed by atoms with E-state index in [0.717, 1.165) is 34.5 Å².